The lowest BCUT2D eigenvalue weighted by Gasteiger charge is -2.12. The van der Waals surface area contributed by atoms with Crippen LogP contribution in [0.15, 0.2) is 187 Å². The second kappa shape index (κ2) is 12.1. The minimum absolute atomic E-state index is 0.620. The zero-order valence-corrected chi connectivity index (χ0v) is 29.0. The molecule has 0 N–H and O–H groups in total. The van der Waals surface area contributed by atoms with E-state index < -0.39 is 0 Å². The third-order valence-corrected chi connectivity index (χ3v) is 10.5. The first kappa shape index (κ1) is 30.3. The van der Waals surface area contributed by atoms with Gasteiger partial charge in [0.2, 0.25) is 5.71 Å². The molecule has 0 saturated carbocycles. The Labute approximate surface area is 310 Å². The summed E-state index contributed by atoms with van der Waals surface area (Å²) in [5.41, 5.74) is 11.8. The van der Waals surface area contributed by atoms with Crippen LogP contribution in [0.2, 0.25) is 0 Å². The average molecular weight is 691 g/mol. The zero-order chi connectivity index (χ0) is 35.6. The minimum Gasteiger partial charge on any atom is -0.438 e. The summed E-state index contributed by atoms with van der Waals surface area (Å²) in [7, 11) is 0. The van der Waals surface area contributed by atoms with Gasteiger partial charge in [0, 0.05) is 50.1 Å². The van der Waals surface area contributed by atoms with Gasteiger partial charge in [0.05, 0.1) is 22.4 Å². The van der Waals surface area contributed by atoms with E-state index in [0.717, 1.165) is 55.7 Å². The van der Waals surface area contributed by atoms with Crippen molar-refractivity contribution in [1.82, 2.24) is 19.5 Å². The second-order valence-electron chi connectivity index (χ2n) is 13.7. The van der Waals surface area contributed by atoms with E-state index >= 15 is 0 Å². The molecule has 0 fully saturated rings. The van der Waals surface area contributed by atoms with Crippen molar-refractivity contribution in [3.05, 3.63) is 182 Å². The number of aromatic nitrogens is 4. The number of pyridine rings is 1. The van der Waals surface area contributed by atoms with Crippen LogP contribution in [0.4, 0.5) is 0 Å². The highest BCUT2D eigenvalue weighted by molar-refractivity contribution is 6.09. The lowest BCUT2D eigenvalue weighted by Crippen LogP contribution is -1.97. The molecule has 11 aromatic rings. The van der Waals surface area contributed by atoms with Crippen molar-refractivity contribution in [3.63, 3.8) is 0 Å². The van der Waals surface area contributed by atoms with Crippen LogP contribution in [-0.4, -0.2) is 19.5 Å². The number of nitrogens with zero attached hydrogens (tertiary/aromatic N) is 4. The van der Waals surface area contributed by atoms with E-state index in [-0.39, 0.29) is 0 Å². The first-order valence-electron chi connectivity index (χ1n) is 18.1. The summed E-state index contributed by atoms with van der Waals surface area (Å²) in [4.78, 5) is 14.8. The number of hydrogen-bond donors (Lipinski definition) is 0. The highest BCUT2D eigenvalue weighted by Gasteiger charge is 2.16. The van der Waals surface area contributed by atoms with Crippen LogP contribution >= 0.6 is 0 Å². The Hall–Kier alpha value is -7.37. The Balaban J connectivity index is 1.04. The van der Waals surface area contributed by atoms with Crippen LogP contribution in [0, 0.1) is 0 Å². The fourth-order valence-electron chi connectivity index (χ4n) is 7.90. The molecule has 0 aliphatic carbocycles. The van der Waals surface area contributed by atoms with E-state index in [1.165, 1.54) is 38.1 Å². The zero-order valence-electron chi connectivity index (χ0n) is 29.0. The van der Waals surface area contributed by atoms with E-state index in [4.69, 9.17) is 14.4 Å². The fraction of sp³-hybridized carbons (Fsp3) is 0. The molecular weight excluding hydrogens is 661 g/mol. The molecule has 7 aromatic carbocycles. The predicted molar refractivity (Wildman–Crippen MR) is 221 cm³/mol. The van der Waals surface area contributed by atoms with E-state index in [1.807, 2.05) is 18.2 Å². The Morgan fingerprint density at radius 2 is 1.02 bits per heavy atom. The number of rotatable bonds is 5. The van der Waals surface area contributed by atoms with Crippen molar-refractivity contribution in [2.45, 2.75) is 0 Å². The summed E-state index contributed by atoms with van der Waals surface area (Å²) in [5, 5.41) is 6.95. The van der Waals surface area contributed by atoms with Gasteiger partial charge in [0.25, 0.3) is 0 Å². The Morgan fingerprint density at radius 1 is 0.426 bits per heavy atom. The molecule has 0 radical (unpaired) electrons. The lowest BCUT2D eigenvalue weighted by atomic mass is 9.97. The van der Waals surface area contributed by atoms with Crippen LogP contribution in [-0.2, 0) is 0 Å². The molecule has 11 rings (SSSR count). The lowest BCUT2D eigenvalue weighted by molar-refractivity contribution is 0.654. The number of fused-ring (bicyclic) bond motifs is 7. The average Bonchev–Trinajstić information content (AvgIpc) is 3.79. The van der Waals surface area contributed by atoms with Gasteiger partial charge < -0.3 is 8.98 Å². The topological polar surface area (TPSA) is 56.7 Å². The molecule has 4 heterocycles. The van der Waals surface area contributed by atoms with Gasteiger partial charge in [-0.2, -0.15) is 0 Å². The van der Waals surface area contributed by atoms with Crippen LogP contribution in [0.5, 0.6) is 0 Å². The summed E-state index contributed by atoms with van der Waals surface area (Å²) >= 11 is 0. The van der Waals surface area contributed by atoms with Crippen molar-refractivity contribution in [1.29, 1.82) is 0 Å². The number of hydrogen-bond acceptors (Lipinski definition) is 4. The maximum Gasteiger partial charge on any atom is 0.227 e. The molecule has 54 heavy (non-hydrogen) atoms. The smallest absolute Gasteiger partial charge is 0.227 e. The summed E-state index contributed by atoms with van der Waals surface area (Å²) in [5.74, 6) is 0.627. The number of para-hydroxylation sites is 2. The van der Waals surface area contributed by atoms with Crippen LogP contribution in [0.3, 0.4) is 0 Å². The maximum absolute atomic E-state index is 6.17. The largest absolute Gasteiger partial charge is 0.438 e. The molecule has 0 amide bonds. The third-order valence-electron chi connectivity index (χ3n) is 10.5. The number of benzene rings is 7. The number of furan rings is 1. The van der Waals surface area contributed by atoms with Gasteiger partial charge in [0.1, 0.15) is 5.58 Å². The van der Waals surface area contributed by atoms with Gasteiger partial charge in [-0.1, -0.05) is 121 Å². The molecule has 0 spiro atoms. The third kappa shape index (κ3) is 4.90. The molecule has 5 heteroatoms. The normalized spacial score (nSPS) is 11.7. The Bertz CT molecular complexity index is 3150. The van der Waals surface area contributed by atoms with Crippen molar-refractivity contribution in [3.8, 4) is 50.7 Å². The molecule has 5 nitrogen and oxygen atoms in total. The molecule has 0 aliphatic heterocycles. The molecule has 0 bridgehead atoms. The van der Waals surface area contributed by atoms with Crippen LogP contribution in [0.25, 0.3) is 105 Å². The van der Waals surface area contributed by atoms with Crippen molar-refractivity contribution >= 4 is 54.6 Å². The highest BCUT2D eigenvalue weighted by Crippen LogP contribution is 2.36. The molecule has 252 valence electrons. The molecule has 4 aromatic heterocycles. The maximum atomic E-state index is 6.17. The summed E-state index contributed by atoms with van der Waals surface area (Å²) in [6.07, 6.45) is 1.75. The van der Waals surface area contributed by atoms with Gasteiger partial charge in [-0.25, -0.2) is 15.0 Å². The van der Waals surface area contributed by atoms with Crippen LogP contribution in [0.1, 0.15) is 0 Å². The molecular formula is C49H30N4O. The van der Waals surface area contributed by atoms with Crippen molar-refractivity contribution in [2.75, 3.05) is 0 Å². The highest BCUT2D eigenvalue weighted by atomic mass is 16.3. The minimum atomic E-state index is 0.620. The first-order valence-corrected chi connectivity index (χ1v) is 18.1. The fourth-order valence-corrected chi connectivity index (χ4v) is 7.90. The van der Waals surface area contributed by atoms with Gasteiger partial charge in [-0.3, -0.25) is 0 Å². The molecule has 0 saturated heterocycles. The Morgan fingerprint density at radius 3 is 1.76 bits per heavy atom. The summed E-state index contributed by atoms with van der Waals surface area (Å²) < 4.78 is 8.50. The predicted octanol–water partition coefficient (Wildman–Crippen LogP) is 12.7. The van der Waals surface area contributed by atoms with Crippen LogP contribution < -0.4 is 0 Å². The van der Waals surface area contributed by atoms with Gasteiger partial charge in [-0.15, -0.1) is 0 Å². The van der Waals surface area contributed by atoms with Gasteiger partial charge >= 0.3 is 0 Å². The van der Waals surface area contributed by atoms with Crippen molar-refractivity contribution < 1.29 is 4.42 Å². The monoisotopic (exact) mass is 690 g/mol. The van der Waals surface area contributed by atoms with Gasteiger partial charge in [0.15, 0.2) is 5.82 Å². The second-order valence-corrected chi connectivity index (χ2v) is 13.7. The quantitative estimate of drug-likeness (QED) is 0.180. The Kier molecular flexibility index (Phi) is 6.79. The molecule has 0 unspecified atom stereocenters. The van der Waals surface area contributed by atoms with E-state index in [1.54, 1.807) is 6.20 Å². The van der Waals surface area contributed by atoms with Crippen molar-refractivity contribution in [2.24, 2.45) is 0 Å². The molecule has 0 aliphatic rings. The summed E-state index contributed by atoms with van der Waals surface area (Å²) in [6.45, 7) is 0. The van der Waals surface area contributed by atoms with E-state index in [0.29, 0.717) is 11.5 Å². The SMILES string of the molecule is c1ccc2c(-c3ccc(-c4cc(-c5ccc(-n6c7ccccc7c7ccccc76)cc5)nc(-c5ccc6c(c5)oc5ncccc56)n4)cc3)cccc2c1. The van der Waals surface area contributed by atoms with Gasteiger partial charge in [-0.05, 0) is 76.5 Å². The summed E-state index contributed by atoms with van der Waals surface area (Å²) in [6, 6.07) is 61.8. The van der Waals surface area contributed by atoms with E-state index in [2.05, 4.69) is 167 Å². The standard InChI is InChI=1S/C49H30N4O/c1-2-11-37-31(9-1)10-7-14-38(37)32-18-20-33(21-19-32)43-30-44(52-48(51-43)35-24-27-41-42-15-8-28-50-49(42)54-47(41)29-35)34-22-25-36(26-23-34)53-45-16-5-3-12-39(45)40-13-4-6-17-46(40)53/h1-30H. The van der Waals surface area contributed by atoms with E-state index in [9.17, 15) is 0 Å². The first-order chi connectivity index (χ1) is 26.7. The molecule has 0 atom stereocenters.